The van der Waals surface area contributed by atoms with Gasteiger partial charge in [-0.3, -0.25) is 20.2 Å². The standard InChI is InChI=1S/C15H16N4O4S/c1-10-9-24-15(16-10)13-4-2-3-7-17(13)12-6-5-11(18(20)21)8-14(12)19(22)23/h5-6,8-9,13H,2-4,7H2,1H3/t13-/m1/s1. The van der Waals surface area contributed by atoms with E-state index in [1.807, 2.05) is 17.2 Å². The van der Waals surface area contributed by atoms with Gasteiger partial charge in [0.2, 0.25) is 0 Å². The number of non-ortho nitro benzene ring substituents is 1. The molecule has 1 aromatic heterocycles. The summed E-state index contributed by atoms with van der Waals surface area (Å²) in [4.78, 5) is 27.7. The molecule has 2 heterocycles. The molecule has 0 radical (unpaired) electrons. The number of nitrogens with zero attached hydrogens (tertiary/aromatic N) is 4. The van der Waals surface area contributed by atoms with Crippen molar-refractivity contribution in [2.45, 2.75) is 32.2 Å². The fraction of sp³-hybridized carbons (Fsp3) is 0.400. The molecule has 1 atom stereocenters. The number of thiazole rings is 1. The Hall–Kier alpha value is -2.55. The van der Waals surface area contributed by atoms with Crippen LogP contribution in [-0.2, 0) is 0 Å². The molecule has 126 valence electrons. The van der Waals surface area contributed by atoms with Crippen molar-refractivity contribution in [3.05, 3.63) is 54.5 Å². The molecule has 2 aromatic rings. The van der Waals surface area contributed by atoms with E-state index in [4.69, 9.17) is 0 Å². The summed E-state index contributed by atoms with van der Waals surface area (Å²) in [6, 6.07) is 3.81. The molecule has 1 saturated heterocycles. The van der Waals surface area contributed by atoms with Crippen molar-refractivity contribution in [3.8, 4) is 0 Å². The number of nitro benzene ring substituents is 2. The molecule has 8 nitrogen and oxygen atoms in total. The topological polar surface area (TPSA) is 102 Å². The van der Waals surface area contributed by atoms with Gasteiger partial charge in [0.1, 0.15) is 10.7 Å². The van der Waals surface area contributed by atoms with Crippen molar-refractivity contribution in [2.24, 2.45) is 0 Å². The minimum Gasteiger partial charge on any atom is -0.357 e. The summed E-state index contributed by atoms with van der Waals surface area (Å²) in [6.45, 7) is 2.59. The van der Waals surface area contributed by atoms with E-state index in [9.17, 15) is 20.2 Å². The van der Waals surface area contributed by atoms with Crippen LogP contribution in [0.5, 0.6) is 0 Å². The Labute approximate surface area is 142 Å². The first kappa shape index (κ1) is 16.3. The van der Waals surface area contributed by atoms with Crippen LogP contribution in [0.1, 0.15) is 36.0 Å². The summed E-state index contributed by atoms with van der Waals surface area (Å²) in [7, 11) is 0. The lowest BCUT2D eigenvalue weighted by Crippen LogP contribution is -2.33. The van der Waals surface area contributed by atoms with Crippen LogP contribution in [0.4, 0.5) is 17.1 Å². The highest BCUT2D eigenvalue weighted by Gasteiger charge is 2.32. The van der Waals surface area contributed by atoms with E-state index < -0.39 is 9.85 Å². The monoisotopic (exact) mass is 348 g/mol. The number of aryl methyl sites for hydroxylation is 1. The van der Waals surface area contributed by atoms with Gasteiger partial charge in [0.15, 0.2) is 0 Å². The third kappa shape index (κ3) is 3.07. The lowest BCUT2D eigenvalue weighted by atomic mass is 10.0. The zero-order valence-electron chi connectivity index (χ0n) is 13.0. The van der Waals surface area contributed by atoms with Crippen molar-refractivity contribution in [3.63, 3.8) is 0 Å². The molecule has 0 amide bonds. The highest BCUT2D eigenvalue weighted by molar-refractivity contribution is 7.09. The van der Waals surface area contributed by atoms with Gasteiger partial charge in [0.25, 0.3) is 11.4 Å². The average molecular weight is 348 g/mol. The predicted molar refractivity (Wildman–Crippen MR) is 90.5 cm³/mol. The van der Waals surface area contributed by atoms with E-state index in [-0.39, 0.29) is 17.4 Å². The quantitative estimate of drug-likeness (QED) is 0.611. The molecule has 0 bridgehead atoms. The van der Waals surface area contributed by atoms with Crippen molar-refractivity contribution in [1.29, 1.82) is 0 Å². The van der Waals surface area contributed by atoms with E-state index in [2.05, 4.69) is 4.98 Å². The summed E-state index contributed by atoms with van der Waals surface area (Å²) < 4.78 is 0. The zero-order chi connectivity index (χ0) is 17.3. The van der Waals surface area contributed by atoms with Gasteiger partial charge < -0.3 is 4.90 Å². The molecule has 0 unspecified atom stereocenters. The first-order chi connectivity index (χ1) is 11.5. The maximum atomic E-state index is 11.4. The van der Waals surface area contributed by atoms with Crippen LogP contribution in [0.2, 0.25) is 0 Å². The Bertz CT molecular complexity index is 792. The Balaban J connectivity index is 2.04. The normalized spacial score (nSPS) is 17.7. The van der Waals surface area contributed by atoms with Gasteiger partial charge in [-0.15, -0.1) is 11.3 Å². The number of nitro groups is 2. The number of hydrogen-bond acceptors (Lipinski definition) is 7. The van der Waals surface area contributed by atoms with Gasteiger partial charge in [-0.05, 0) is 32.3 Å². The molecule has 0 spiro atoms. The van der Waals surface area contributed by atoms with E-state index in [1.165, 1.54) is 12.1 Å². The number of hydrogen-bond donors (Lipinski definition) is 0. The van der Waals surface area contributed by atoms with Gasteiger partial charge in [0.05, 0.1) is 22.0 Å². The van der Waals surface area contributed by atoms with Gasteiger partial charge >= 0.3 is 0 Å². The molecule has 0 aliphatic carbocycles. The Morgan fingerprint density at radius 1 is 1.25 bits per heavy atom. The summed E-state index contributed by atoms with van der Waals surface area (Å²) in [5.41, 5.74) is 0.843. The van der Waals surface area contributed by atoms with E-state index in [1.54, 1.807) is 11.3 Å². The maximum Gasteiger partial charge on any atom is 0.299 e. The van der Waals surface area contributed by atoms with Crippen molar-refractivity contribution >= 4 is 28.4 Å². The third-order valence-corrected chi connectivity index (χ3v) is 5.16. The van der Waals surface area contributed by atoms with Crippen LogP contribution in [0, 0.1) is 27.2 Å². The number of aromatic nitrogens is 1. The number of benzene rings is 1. The van der Waals surface area contributed by atoms with Gasteiger partial charge in [-0.25, -0.2) is 4.98 Å². The molecule has 1 aliphatic heterocycles. The first-order valence-corrected chi connectivity index (χ1v) is 8.47. The van der Waals surface area contributed by atoms with E-state index in [0.717, 1.165) is 36.0 Å². The van der Waals surface area contributed by atoms with Crippen LogP contribution in [0.3, 0.4) is 0 Å². The van der Waals surface area contributed by atoms with Crippen molar-refractivity contribution in [1.82, 2.24) is 4.98 Å². The van der Waals surface area contributed by atoms with Gasteiger partial charge in [-0.2, -0.15) is 0 Å². The molecule has 0 saturated carbocycles. The molecule has 24 heavy (non-hydrogen) atoms. The van der Waals surface area contributed by atoms with Gasteiger partial charge in [0, 0.05) is 23.7 Å². The van der Waals surface area contributed by atoms with Crippen LogP contribution in [-0.4, -0.2) is 21.4 Å². The summed E-state index contributed by atoms with van der Waals surface area (Å²) >= 11 is 1.55. The molecule has 3 rings (SSSR count). The van der Waals surface area contributed by atoms with Crippen LogP contribution < -0.4 is 4.90 Å². The van der Waals surface area contributed by atoms with Crippen molar-refractivity contribution in [2.75, 3.05) is 11.4 Å². The lowest BCUT2D eigenvalue weighted by molar-refractivity contribution is -0.393. The molecule has 1 aliphatic rings. The van der Waals surface area contributed by atoms with E-state index >= 15 is 0 Å². The van der Waals surface area contributed by atoms with E-state index in [0.29, 0.717) is 12.2 Å². The molecule has 1 fully saturated rings. The number of piperidine rings is 1. The maximum absolute atomic E-state index is 11.4. The highest BCUT2D eigenvalue weighted by Crippen LogP contribution is 2.41. The zero-order valence-corrected chi connectivity index (χ0v) is 13.9. The minimum atomic E-state index is -0.616. The second-order valence-electron chi connectivity index (χ2n) is 5.72. The molecular weight excluding hydrogens is 332 g/mol. The Morgan fingerprint density at radius 3 is 2.67 bits per heavy atom. The second kappa shape index (κ2) is 6.52. The van der Waals surface area contributed by atoms with Gasteiger partial charge in [-0.1, -0.05) is 0 Å². The summed E-state index contributed by atoms with van der Waals surface area (Å²) in [6.07, 6.45) is 2.82. The summed E-state index contributed by atoms with van der Waals surface area (Å²) in [5, 5.41) is 25.2. The SMILES string of the molecule is Cc1csc([C@H]2CCCCN2c2ccc([N+](=O)[O-])cc2[N+](=O)[O-])n1. The fourth-order valence-electron chi connectivity index (χ4n) is 3.02. The number of anilines is 1. The van der Waals surface area contributed by atoms with Crippen molar-refractivity contribution < 1.29 is 9.85 Å². The minimum absolute atomic E-state index is 0.0300. The average Bonchev–Trinajstić information content (AvgIpc) is 3.00. The molecule has 1 aromatic carbocycles. The number of rotatable bonds is 4. The largest absolute Gasteiger partial charge is 0.357 e. The lowest BCUT2D eigenvalue weighted by Gasteiger charge is -2.35. The predicted octanol–water partition coefficient (Wildman–Crippen LogP) is 4.00. The van der Waals surface area contributed by atoms with Crippen LogP contribution in [0.25, 0.3) is 0 Å². The fourth-order valence-corrected chi connectivity index (χ4v) is 3.96. The molecule has 9 heteroatoms. The smallest absolute Gasteiger partial charge is 0.299 e. The Morgan fingerprint density at radius 2 is 2.04 bits per heavy atom. The Kier molecular flexibility index (Phi) is 4.43. The summed E-state index contributed by atoms with van der Waals surface area (Å²) in [5.74, 6) is 0. The van der Waals surface area contributed by atoms with Crippen LogP contribution >= 0.6 is 11.3 Å². The third-order valence-electron chi connectivity index (χ3n) is 4.10. The van der Waals surface area contributed by atoms with Crippen LogP contribution in [0.15, 0.2) is 23.6 Å². The first-order valence-electron chi connectivity index (χ1n) is 7.59. The molecular formula is C15H16N4O4S. The highest BCUT2D eigenvalue weighted by atomic mass is 32.1. The second-order valence-corrected chi connectivity index (χ2v) is 6.61. The molecule has 0 N–H and O–H groups in total.